The van der Waals surface area contributed by atoms with Gasteiger partial charge in [0.1, 0.15) is 24.2 Å². The van der Waals surface area contributed by atoms with Gasteiger partial charge in [-0.15, -0.1) is 0 Å². The molecule has 1 aliphatic heterocycles. The molecule has 0 radical (unpaired) electrons. The maximum Gasteiger partial charge on any atom is 0.145 e. The quantitative estimate of drug-likeness (QED) is 0.341. The van der Waals surface area contributed by atoms with Crippen LogP contribution in [0.15, 0.2) is 31.0 Å². The first-order valence-electron chi connectivity index (χ1n) is 11.5. The Bertz CT molecular complexity index is 1120. The van der Waals surface area contributed by atoms with Crippen molar-refractivity contribution in [3.05, 3.63) is 31.0 Å². The molecular formula is C23H33N7O2Si. The molecular weight excluding hydrogens is 434 g/mol. The number of aromatic nitrogens is 5. The van der Waals surface area contributed by atoms with E-state index in [1.54, 1.807) is 6.33 Å². The number of hydrogen-bond acceptors (Lipinski definition) is 7. The Kier molecular flexibility index (Phi) is 6.95. The zero-order valence-electron chi connectivity index (χ0n) is 19.7. The van der Waals surface area contributed by atoms with E-state index in [1.165, 1.54) is 0 Å². The van der Waals surface area contributed by atoms with Crippen LogP contribution >= 0.6 is 0 Å². The number of hydrogen-bond donors (Lipinski definition) is 1. The van der Waals surface area contributed by atoms with Crippen LogP contribution in [0.1, 0.15) is 12.8 Å². The van der Waals surface area contributed by atoms with Crippen molar-refractivity contribution in [1.29, 1.82) is 5.26 Å². The molecule has 0 spiro atoms. The van der Waals surface area contributed by atoms with Crippen LogP contribution in [0, 0.1) is 11.3 Å². The average Bonchev–Trinajstić information content (AvgIpc) is 3.40. The number of aliphatic hydroxyl groups is 1. The molecule has 3 aromatic rings. The third-order valence-electron chi connectivity index (χ3n) is 6.20. The molecule has 33 heavy (non-hydrogen) atoms. The molecule has 4 heterocycles. The summed E-state index contributed by atoms with van der Waals surface area (Å²) >= 11 is 0. The predicted molar refractivity (Wildman–Crippen MR) is 129 cm³/mol. The van der Waals surface area contributed by atoms with Crippen molar-refractivity contribution in [2.75, 3.05) is 32.8 Å². The fraction of sp³-hybridized carbons (Fsp3) is 0.565. The summed E-state index contributed by atoms with van der Waals surface area (Å²) in [4.78, 5) is 11.3. The minimum Gasteiger partial charge on any atom is -0.396 e. The molecule has 0 atom stereocenters. The maximum atomic E-state index is 9.41. The number of fused-ring (bicyclic) bond motifs is 1. The van der Waals surface area contributed by atoms with Crippen LogP contribution in [0.5, 0.6) is 0 Å². The number of rotatable bonds is 11. The van der Waals surface area contributed by atoms with Crippen molar-refractivity contribution in [1.82, 2.24) is 29.2 Å². The Morgan fingerprint density at radius 3 is 2.82 bits per heavy atom. The molecule has 3 aromatic heterocycles. The number of likely N-dealkylation sites (tertiary alicyclic amines) is 1. The fourth-order valence-corrected chi connectivity index (χ4v) is 5.06. The van der Waals surface area contributed by atoms with Gasteiger partial charge in [-0.05, 0) is 18.5 Å². The molecule has 0 saturated carbocycles. The summed E-state index contributed by atoms with van der Waals surface area (Å²) < 4.78 is 9.85. The van der Waals surface area contributed by atoms with Gasteiger partial charge in [0.25, 0.3) is 0 Å². The summed E-state index contributed by atoms with van der Waals surface area (Å²) in [6.45, 7) is 10.8. The molecule has 0 aromatic carbocycles. The van der Waals surface area contributed by atoms with Gasteiger partial charge in [-0.1, -0.05) is 19.6 Å². The first-order valence-corrected chi connectivity index (χ1v) is 15.2. The Hall–Kier alpha value is -2.58. The second kappa shape index (κ2) is 9.73. The first kappa shape index (κ1) is 23.6. The minimum atomic E-state index is -1.12. The Balaban J connectivity index is 1.51. The van der Waals surface area contributed by atoms with Crippen LogP contribution in [0.4, 0.5) is 0 Å². The minimum absolute atomic E-state index is 0.181. The van der Waals surface area contributed by atoms with Gasteiger partial charge in [0.05, 0.1) is 24.4 Å². The van der Waals surface area contributed by atoms with Gasteiger partial charge < -0.3 is 14.4 Å². The molecule has 0 unspecified atom stereocenters. The van der Waals surface area contributed by atoms with E-state index in [2.05, 4.69) is 45.7 Å². The SMILES string of the molecule is C[Si](C)(C)CCOCn1ccc2c(-c3cnn(C4(CC#N)CN(CCCO)C4)c3)ncnc21. The van der Waals surface area contributed by atoms with Crippen molar-refractivity contribution >= 4 is 19.1 Å². The lowest BCUT2D eigenvalue weighted by Crippen LogP contribution is -2.62. The number of nitrogens with zero attached hydrogens (tertiary/aromatic N) is 7. The van der Waals surface area contributed by atoms with E-state index in [0.717, 1.165) is 61.0 Å². The summed E-state index contributed by atoms with van der Waals surface area (Å²) in [5, 5.41) is 24.1. The van der Waals surface area contributed by atoms with E-state index in [4.69, 9.17) is 9.84 Å². The Labute approximate surface area is 195 Å². The highest BCUT2D eigenvalue weighted by molar-refractivity contribution is 6.76. The van der Waals surface area contributed by atoms with Gasteiger partial charge >= 0.3 is 0 Å². The molecule has 176 valence electrons. The predicted octanol–water partition coefficient (Wildman–Crippen LogP) is 2.91. The maximum absolute atomic E-state index is 9.41. The van der Waals surface area contributed by atoms with Crippen molar-refractivity contribution in [3.63, 3.8) is 0 Å². The lowest BCUT2D eigenvalue weighted by molar-refractivity contribution is 0.00198. The van der Waals surface area contributed by atoms with Crippen LogP contribution in [0.2, 0.25) is 25.7 Å². The van der Waals surface area contributed by atoms with Crippen molar-refractivity contribution < 1.29 is 9.84 Å². The van der Waals surface area contributed by atoms with Gasteiger partial charge in [0.2, 0.25) is 0 Å². The van der Waals surface area contributed by atoms with Crippen molar-refractivity contribution in [2.24, 2.45) is 0 Å². The van der Waals surface area contributed by atoms with Crippen LogP contribution in [-0.4, -0.2) is 75.2 Å². The average molecular weight is 468 g/mol. The summed E-state index contributed by atoms with van der Waals surface area (Å²) in [5.74, 6) is 0. The molecule has 1 fully saturated rings. The van der Waals surface area contributed by atoms with Gasteiger partial charge in [0.15, 0.2) is 0 Å². The molecule has 9 nitrogen and oxygen atoms in total. The van der Waals surface area contributed by atoms with E-state index >= 15 is 0 Å². The summed E-state index contributed by atoms with van der Waals surface area (Å²) in [5.41, 5.74) is 2.25. The highest BCUT2D eigenvalue weighted by atomic mass is 28.3. The highest BCUT2D eigenvalue weighted by Gasteiger charge is 2.45. The molecule has 0 bridgehead atoms. The molecule has 0 aliphatic carbocycles. The van der Waals surface area contributed by atoms with Crippen LogP contribution in [0.3, 0.4) is 0 Å². The molecule has 0 amide bonds. The summed E-state index contributed by atoms with van der Waals surface area (Å²) in [6.07, 6.45) is 8.52. The molecule has 1 aliphatic rings. The number of nitriles is 1. The summed E-state index contributed by atoms with van der Waals surface area (Å²) in [7, 11) is -1.12. The van der Waals surface area contributed by atoms with Crippen LogP contribution < -0.4 is 0 Å². The fourth-order valence-electron chi connectivity index (χ4n) is 4.31. The zero-order valence-corrected chi connectivity index (χ0v) is 20.7. The van der Waals surface area contributed by atoms with Crippen LogP contribution in [-0.2, 0) is 17.0 Å². The van der Waals surface area contributed by atoms with E-state index < -0.39 is 8.07 Å². The Morgan fingerprint density at radius 2 is 2.09 bits per heavy atom. The number of aliphatic hydroxyl groups excluding tert-OH is 1. The van der Waals surface area contributed by atoms with Gasteiger partial charge in [-0.3, -0.25) is 9.58 Å². The monoisotopic (exact) mass is 467 g/mol. The van der Waals surface area contributed by atoms with E-state index in [1.807, 2.05) is 33.9 Å². The van der Waals surface area contributed by atoms with E-state index in [9.17, 15) is 5.26 Å². The lowest BCUT2D eigenvalue weighted by atomic mass is 9.86. The topological polar surface area (TPSA) is 105 Å². The third kappa shape index (κ3) is 5.17. The first-order chi connectivity index (χ1) is 15.8. The van der Waals surface area contributed by atoms with Crippen LogP contribution in [0.25, 0.3) is 22.3 Å². The molecule has 10 heteroatoms. The molecule has 4 rings (SSSR count). The largest absolute Gasteiger partial charge is 0.396 e. The normalized spacial score (nSPS) is 16.1. The highest BCUT2D eigenvalue weighted by Crippen LogP contribution is 2.34. The molecule has 1 saturated heterocycles. The standard InChI is InChI=1S/C23H33N7O2Si/c1-33(2,3)12-11-32-18-29-9-5-20-21(25-17-26-22(20)29)19-13-27-30(14-19)23(6-7-24)15-28(16-23)8-4-10-31/h5,9,13-14,17,31H,4,6,8,10-12,15-16,18H2,1-3H3. The Morgan fingerprint density at radius 1 is 1.27 bits per heavy atom. The van der Waals surface area contributed by atoms with Gasteiger partial charge in [0, 0.05) is 64.3 Å². The third-order valence-corrected chi connectivity index (χ3v) is 7.91. The lowest BCUT2D eigenvalue weighted by Gasteiger charge is -2.49. The second-order valence-corrected chi connectivity index (χ2v) is 15.7. The number of ether oxygens (including phenoxy) is 1. The smallest absolute Gasteiger partial charge is 0.145 e. The second-order valence-electron chi connectivity index (χ2n) is 10.1. The van der Waals surface area contributed by atoms with Gasteiger partial charge in [-0.25, -0.2) is 9.97 Å². The van der Waals surface area contributed by atoms with Crippen molar-refractivity contribution in [3.8, 4) is 17.3 Å². The molecule has 1 N–H and O–H groups in total. The zero-order chi connectivity index (χ0) is 23.5. The van der Waals surface area contributed by atoms with E-state index in [0.29, 0.717) is 13.2 Å². The van der Waals surface area contributed by atoms with Crippen molar-refractivity contribution in [2.45, 2.75) is 50.8 Å². The van der Waals surface area contributed by atoms with Gasteiger partial charge in [-0.2, -0.15) is 10.4 Å². The van der Waals surface area contributed by atoms with E-state index in [-0.39, 0.29) is 12.1 Å². The summed E-state index contributed by atoms with van der Waals surface area (Å²) in [6, 6.07) is 5.48.